The average molecular weight is 382 g/mol. The Morgan fingerprint density at radius 2 is 1.70 bits per heavy atom. The van der Waals surface area contributed by atoms with Gasteiger partial charge < -0.3 is 24.4 Å². The summed E-state index contributed by atoms with van der Waals surface area (Å²) in [6.45, 7) is 6.04. The summed E-state index contributed by atoms with van der Waals surface area (Å²) in [5.74, 6) is -1.32. The summed E-state index contributed by atoms with van der Waals surface area (Å²) in [5.41, 5.74) is -2.94. The van der Waals surface area contributed by atoms with E-state index in [-0.39, 0.29) is 17.8 Å². The lowest BCUT2D eigenvalue weighted by Gasteiger charge is -2.73. The summed E-state index contributed by atoms with van der Waals surface area (Å²) in [6, 6.07) is 0. The van der Waals surface area contributed by atoms with E-state index in [9.17, 15) is 15.0 Å². The molecule has 4 aliphatic carbocycles. The van der Waals surface area contributed by atoms with E-state index in [0.29, 0.717) is 25.7 Å². The van der Waals surface area contributed by atoms with Crippen LogP contribution in [0.3, 0.4) is 0 Å². The lowest BCUT2D eigenvalue weighted by molar-refractivity contribution is -0.410. The molecule has 0 aromatic heterocycles. The minimum Gasteiger partial charge on any atom is -0.459 e. The first-order chi connectivity index (χ1) is 12.5. The smallest absolute Gasteiger partial charge is 0.306 e. The second kappa shape index (κ2) is 5.68. The highest BCUT2D eigenvalue weighted by Gasteiger charge is 2.78. The fourth-order valence-corrected chi connectivity index (χ4v) is 7.81. The van der Waals surface area contributed by atoms with Crippen LogP contribution in [-0.2, 0) is 19.0 Å². The van der Waals surface area contributed by atoms with Gasteiger partial charge in [-0.1, -0.05) is 6.92 Å². The van der Waals surface area contributed by atoms with Crippen molar-refractivity contribution in [3.05, 3.63) is 0 Å². The number of aliphatic hydroxyl groups excluding tert-OH is 1. The molecule has 1 aliphatic heterocycles. The molecule has 0 radical (unpaired) electrons. The quantitative estimate of drug-likeness (QED) is 0.563. The predicted molar refractivity (Wildman–Crippen MR) is 97.7 cm³/mol. The molecule has 154 valence electrons. The van der Waals surface area contributed by atoms with E-state index in [1.54, 1.807) is 14.2 Å². The van der Waals surface area contributed by atoms with Gasteiger partial charge in [0.05, 0.1) is 5.60 Å². The highest BCUT2D eigenvalue weighted by molar-refractivity contribution is 5.70. The number of ether oxygens (including phenoxy) is 3. The van der Waals surface area contributed by atoms with Crippen molar-refractivity contribution in [1.82, 2.24) is 0 Å². The van der Waals surface area contributed by atoms with Gasteiger partial charge in [-0.15, -0.1) is 0 Å². The molecule has 2 N–H and O–H groups in total. The molecule has 0 aromatic rings. The normalized spacial score (nSPS) is 50.3. The average Bonchev–Trinajstić information content (AvgIpc) is 2.70. The molecular weight excluding hydrogens is 348 g/mol. The van der Waals surface area contributed by atoms with Crippen LogP contribution in [0.4, 0.5) is 0 Å². The molecule has 0 amide bonds. The Morgan fingerprint density at radius 1 is 1.07 bits per heavy atom. The number of fused-ring (bicyclic) bond motifs is 3. The van der Waals surface area contributed by atoms with E-state index >= 15 is 0 Å². The van der Waals surface area contributed by atoms with Gasteiger partial charge in [-0.05, 0) is 52.4 Å². The van der Waals surface area contributed by atoms with Crippen LogP contribution in [0.25, 0.3) is 0 Å². The minimum absolute atomic E-state index is 0.0399. The van der Waals surface area contributed by atoms with E-state index in [1.807, 2.05) is 13.8 Å². The fraction of sp³-hybridized carbons (Fsp3) is 0.952. The third-order valence-corrected chi connectivity index (χ3v) is 9.07. The van der Waals surface area contributed by atoms with E-state index in [0.717, 1.165) is 19.3 Å². The van der Waals surface area contributed by atoms with E-state index < -0.39 is 33.9 Å². The maximum atomic E-state index is 12.3. The highest BCUT2D eigenvalue weighted by Crippen LogP contribution is 2.73. The van der Waals surface area contributed by atoms with Crippen molar-refractivity contribution < 1.29 is 29.2 Å². The Bertz CT molecular complexity index is 643. The fourth-order valence-electron chi connectivity index (χ4n) is 7.81. The van der Waals surface area contributed by atoms with Crippen LogP contribution < -0.4 is 0 Å². The van der Waals surface area contributed by atoms with Gasteiger partial charge in [0.25, 0.3) is 0 Å². The molecule has 1 saturated heterocycles. The molecule has 1 heterocycles. The third-order valence-electron chi connectivity index (χ3n) is 9.07. The summed E-state index contributed by atoms with van der Waals surface area (Å²) < 4.78 is 17.3. The number of hydrogen-bond acceptors (Lipinski definition) is 6. The van der Waals surface area contributed by atoms with Gasteiger partial charge in [-0.3, -0.25) is 4.79 Å². The summed E-state index contributed by atoms with van der Waals surface area (Å²) >= 11 is 0. The molecule has 5 fully saturated rings. The number of rotatable bonds is 2. The van der Waals surface area contributed by atoms with Gasteiger partial charge in [0.15, 0.2) is 5.79 Å². The van der Waals surface area contributed by atoms with Crippen LogP contribution in [0.1, 0.15) is 65.7 Å². The molecule has 6 unspecified atom stereocenters. The van der Waals surface area contributed by atoms with E-state index in [2.05, 4.69) is 6.92 Å². The first kappa shape index (κ1) is 19.6. The van der Waals surface area contributed by atoms with Crippen molar-refractivity contribution in [2.45, 2.75) is 88.8 Å². The van der Waals surface area contributed by atoms with Gasteiger partial charge in [-0.25, -0.2) is 0 Å². The van der Waals surface area contributed by atoms with Crippen molar-refractivity contribution in [1.29, 1.82) is 0 Å². The number of carbonyl (C=O) groups excluding carboxylic acids is 1. The molecule has 5 rings (SSSR count). The zero-order valence-electron chi connectivity index (χ0n) is 17.2. The summed E-state index contributed by atoms with van der Waals surface area (Å²) in [5, 5.41) is 23.8. The molecule has 0 aromatic carbocycles. The van der Waals surface area contributed by atoms with Crippen LogP contribution >= 0.6 is 0 Å². The Morgan fingerprint density at radius 3 is 2.33 bits per heavy atom. The molecule has 5 aliphatic rings. The molecule has 6 atom stereocenters. The number of carbonyl (C=O) groups is 1. The van der Waals surface area contributed by atoms with E-state index in [1.165, 1.54) is 0 Å². The van der Waals surface area contributed by atoms with Crippen molar-refractivity contribution >= 4 is 5.97 Å². The summed E-state index contributed by atoms with van der Waals surface area (Å²) in [4.78, 5) is 12.3. The van der Waals surface area contributed by atoms with Crippen molar-refractivity contribution in [2.24, 2.45) is 22.7 Å². The van der Waals surface area contributed by atoms with Crippen LogP contribution in [-0.4, -0.2) is 53.5 Å². The Hall–Kier alpha value is -0.690. The first-order valence-electron chi connectivity index (χ1n) is 10.3. The van der Waals surface area contributed by atoms with Crippen LogP contribution in [0.5, 0.6) is 0 Å². The summed E-state index contributed by atoms with van der Waals surface area (Å²) in [7, 11) is 3.16. The molecule has 27 heavy (non-hydrogen) atoms. The first-order valence-corrected chi connectivity index (χ1v) is 10.3. The van der Waals surface area contributed by atoms with Crippen molar-refractivity contribution in [3.63, 3.8) is 0 Å². The van der Waals surface area contributed by atoms with Gasteiger partial charge in [-0.2, -0.15) is 0 Å². The molecular formula is C21H34O6. The van der Waals surface area contributed by atoms with E-state index in [4.69, 9.17) is 14.2 Å². The van der Waals surface area contributed by atoms with Crippen molar-refractivity contribution in [2.75, 3.05) is 14.2 Å². The SMILES string of the molecule is COC1(OC)C2CCC3(CCC4C(C)(C)OC(=O)CCC4(C)C3(O)C2)C1O. The Labute approximate surface area is 161 Å². The molecule has 1 spiro atoms. The summed E-state index contributed by atoms with van der Waals surface area (Å²) in [6.07, 6.45) is 3.57. The third kappa shape index (κ3) is 2.08. The topological polar surface area (TPSA) is 85.2 Å². The molecule has 6 nitrogen and oxygen atoms in total. The largest absolute Gasteiger partial charge is 0.459 e. The monoisotopic (exact) mass is 382 g/mol. The number of aliphatic hydroxyl groups is 2. The van der Waals surface area contributed by atoms with Gasteiger partial charge >= 0.3 is 5.97 Å². The minimum atomic E-state index is -1.09. The number of cyclic esters (lactones) is 1. The predicted octanol–water partition coefficient (Wildman–Crippen LogP) is 2.40. The number of methoxy groups -OCH3 is 2. The molecule has 6 heteroatoms. The molecule has 4 saturated carbocycles. The number of hydrogen-bond donors (Lipinski definition) is 2. The zero-order valence-corrected chi connectivity index (χ0v) is 17.2. The van der Waals surface area contributed by atoms with Gasteiger partial charge in [0, 0.05) is 43.3 Å². The second-order valence-corrected chi connectivity index (χ2v) is 10.1. The lowest BCUT2D eigenvalue weighted by atomic mass is 9.36. The van der Waals surface area contributed by atoms with Gasteiger partial charge in [0.2, 0.25) is 0 Å². The highest BCUT2D eigenvalue weighted by atomic mass is 16.7. The van der Waals surface area contributed by atoms with Crippen molar-refractivity contribution in [3.8, 4) is 0 Å². The Kier molecular flexibility index (Phi) is 4.13. The number of esters is 1. The second-order valence-electron chi connectivity index (χ2n) is 10.1. The van der Waals surface area contributed by atoms with Crippen LogP contribution in [0.15, 0.2) is 0 Å². The lowest BCUT2D eigenvalue weighted by Crippen LogP contribution is -2.80. The van der Waals surface area contributed by atoms with Gasteiger partial charge in [0.1, 0.15) is 11.7 Å². The standard InChI is InChI=1S/C21H34O6/c1-17(2)14-7-11-19-10-6-13(21(25-4,26-5)16(19)23)12-20(19,24)18(14,3)9-8-15(22)27-17/h13-14,16,23-24H,6-12H2,1-5H3. The zero-order chi connectivity index (χ0) is 19.9. The van der Waals surface area contributed by atoms with Crippen LogP contribution in [0.2, 0.25) is 0 Å². The van der Waals surface area contributed by atoms with Crippen LogP contribution in [0, 0.1) is 22.7 Å². The maximum Gasteiger partial charge on any atom is 0.306 e. The molecule has 2 bridgehead atoms. The Balaban J connectivity index is 1.86. The maximum absolute atomic E-state index is 12.3.